The SMILES string of the molecule is O=C(CCCn1c(=O)oc2ccccc21)Nc1nc(-c2ccc3c(c2)CCO3)cs1. The van der Waals surface area contributed by atoms with Gasteiger partial charge in [-0.15, -0.1) is 11.3 Å². The van der Waals surface area contributed by atoms with Gasteiger partial charge in [-0.05, 0) is 42.3 Å². The van der Waals surface area contributed by atoms with E-state index < -0.39 is 5.76 Å². The first-order valence-electron chi connectivity index (χ1n) is 9.77. The van der Waals surface area contributed by atoms with E-state index in [1.54, 1.807) is 10.6 Å². The highest BCUT2D eigenvalue weighted by atomic mass is 32.1. The average molecular weight is 421 g/mol. The Morgan fingerprint density at radius 1 is 1.23 bits per heavy atom. The third-order valence-electron chi connectivity index (χ3n) is 5.10. The molecule has 1 N–H and O–H groups in total. The van der Waals surface area contributed by atoms with Crippen molar-refractivity contribution in [2.24, 2.45) is 0 Å². The van der Waals surface area contributed by atoms with E-state index in [1.165, 1.54) is 16.9 Å². The number of oxazole rings is 1. The van der Waals surface area contributed by atoms with Gasteiger partial charge >= 0.3 is 5.76 Å². The van der Waals surface area contributed by atoms with Crippen LogP contribution in [-0.4, -0.2) is 22.1 Å². The Bertz CT molecular complexity index is 1290. The lowest BCUT2D eigenvalue weighted by Gasteiger charge is -2.03. The van der Waals surface area contributed by atoms with Gasteiger partial charge in [0.2, 0.25) is 5.91 Å². The van der Waals surface area contributed by atoms with Crippen LogP contribution in [-0.2, 0) is 17.8 Å². The summed E-state index contributed by atoms with van der Waals surface area (Å²) in [7, 11) is 0. The van der Waals surface area contributed by atoms with Crippen LogP contribution in [0.25, 0.3) is 22.4 Å². The number of nitrogens with zero attached hydrogens (tertiary/aromatic N) is 2. The molecular weight excluding hydrogens is 402 g/mol. The minimum atomic E-state index is -0.402. The van der Waals surface area contributed by atoms with Crippen molar-refractivity contribution < 1.29 is 13.9 Å². The summed E-state index contributed by atoms with van der Waals surface area (Å²) in [5.74, 6) is 0.409. The third-order valence-corrected chi connectivity index (χ3v) is 5.85. The van der Waals surface area contributed by atoms with Crippen LogP contribution in [0.4, 0.5) is 5.13 Å². The summed E-state index contributed by atoms with van der Waals surface area (Å²) in [4.78, 5) is 28.8. The lowest BCUT2D eigenvalue weighted by atomic mass is 10.1. The number of hydrogen-bond donors (Lipinski definition) is 1. The molecule has 1 amide bonds. The number of thiazole rings is 1. The standard InChI is InChI=1S/C22H19N3O4S/c26-20(6-3-10-25-17-4-1-2-5-19(17)29-22(25)27)24-21-23-16(13-30-21)14-7-8-18-15(12-14)9-11-28-18/h1-2,4-5,7-8,12-13H,3,6,9-11H2,(H,23,24,26). The molecule has 0 fully saturated rings. The number of aromatic nitrogens is 2. The quantitative estimate of drug-likeness (QED) is 0.507. The molecule has 0 unspecified atom stereocenters. The number of hydrogen-bond acceptors (Lipinski definition) is 6. The molecule has 1 aliphatic heterocycles. The number of nitrogens with one attached hydrogen (secondary N) is 1. The van der Waals surface area contributed by atoms with Gasteiger partial charge in [-0.3, -0.25) is 9.36 Å². The fourth-order valence-corrected chi connectivity index (χ4v) is 4.35. The van der Waals surface area contributed by atoms with Crippen LogP contribution in [0.15, 0.2) is 57.1 Å². The van der Waals surface area contributed by atoms with Gasteiger partial charge in [0.05, 0.1) is 17.8 Å². The number of amides is 1. The Labute approximate surface area is 175 Å². The summed E-state index contributed by atoms with van der Waals surface area (Å²) in [5, 5.41) is 5.35. The Balaban J connectivity index is 1.19. The zero-order chi connectivity index (χ0) is 20.5. The molecule has 5 rings (SSSR count). The Kier molecular flexibility index (Phi) is 4.84. The molecule has 152 valence electrons. The van der Waals surface area contributed by atoms with Gasteiger partial charge in [-0.25, -0.2) is 9.78 Å². The highest BCUT2D eigenvalue weighted by molar-refractivity contribution is 7.14. The van der Waals surface area contributed by atoms with Crippen molar-refractivity contribution in [1.29, 1.82) is 0 Å². The highest BCUT2D eigenvalue weighted by Crippen LogP contribution is 2.32. The summed E-state index contributed by atoms with van der Waals surface area (Å²) in [5.41, 5.74) is 4.34. The van der Waals surface area contributed by atoms with Crippen LogP contribution >= 0.6 is 11.3 Å². The van der Waals surface area contributed by atoms with Crippen molar-refractivity contribution in [3.8, 4) is 17.0 Å². The summed E-state index contributed by atoms with van der Waals surface area (Å²) in [6, 6.07) is 13.3. The fraction of sp³-hybridized carbons (Fsp3) is 0.227. The maximum Gasteiger partial charge on any atom is 0.419 e. The topological polar surface area (TPSA) is 86.4 Å². The van der Waals surface area contributed by atoms with E-state index in [2.05, 4.69) is 16.4 Å². The summed E-state index contributed by atoms with van der Waals surface area (Å²) in [6.07, 6.45) is 1.72. The van der Waals surface area contributed by atoms with Gasteiger partial charge in [0.15, 0.2) is 10.7 Å². The zero-order valence-corrected chi connectivity index (χ0v) is 16.9. The van der Waals surface area contributed by atoms with E-state index in [9.17, 15) is 9.59 Å². The number of benzene rings is 2. The molecule has 8 heteroatoms. The smallest absolute Gasteiger partial charge is 0.419 e. The monoisotopic (exact) mass is 421 g/mol. The van der Waals surface area contributed by atoms with Gasteiger partial charge in [-0.2, -0.15) is 0 Å². The second kappa shape index (κ2) is 7.79. The van der Waals surface area contributed by atoms with Crippen LogP contribution in [0.3, 0.4) is 0 Å². The first-order valence-corrected chi connectivity index (χ1v) is 10.7. The lowest BCUT2D eigenvalue weighted by Crippen LogP contribution is -2.17. The maximum absolute atomic E-state index is 12.3. The third kappa shape index (κ3) is 3.61. The van der Waals surface area contributed by atoms with E-state index in [0.717, 1.165) is 35.6 Å². The Morgan fingerprint density at radius 2 is 2.13 bits per heavy atom. The van der Waals surface area contributed by atoms with E-state index in [4.69, 9.17) is 9.15 Å². The van der Waals surface area contributed by atoms with Crippen LogP contribution < -0.4 is 15.8 Å². The van der Waals surface area contributed by atoms with E-state index in [1.807, 2.05) is 35.7 Å². The van der Waals surface area contributed by atoms with E-state index in [0.29, 0.717) is 23.7 Å². The lowest BCUT2D eigenvalue weighted by molar-refractivity contribution is -0.116. The van der Waals surface area contributed by atoms with Crippen molar-refractivity contribution in [2.75, 3.05) is 11.9 Å². The predicted octanol–water partition coefficient (Wildman–Crippen LogP) is 4.07. The van der Waals surface area contributed by atoms with Gasteiger partial charge in [0.1, 0.15) is 5.75 Å². The van der Waals surface area contributed by atoms with Crippen LogP contribution in [0, 0.1) is 0 Å². The minimum absolute atomic E-state index is 0.126. The molecule has 0 aliphatic carbocycles. The molecule has 1 aliphatic rings. The number of para-hydroxylation sites is 2. The average Bonchev–Trinajstić information content (AvgIpc) is 3.46. The van der Waals surface area contributed by atoms with Gasteiger partial charge in [-0.1, -0.05) is 12.1 Å². The number of aryl methyl sites for hydroxylation is 1. The zero-order valence-electron chi connectivity index (χ0n) is 16.1. The molecule has 0 bridgehead atoms. The normalized spacial score (nSPS) is 12.7. The maximum atomic E-state index is 12.3. The number of carbonyl (C=O) groups excluding carboxylic acids is 1. The van der Waals surface area contributed by atoms with Crippen molar-refractivity contribution in [1.82, 2.24) is 9.55 Å². The molecule has 3 heterocycles. The number of rotatable bonds is 6. The first kappa shape index (κ1) is 18.6. The molecule has 0 atom stereocenters. The van der Waals surface area contributed by atoms with Crippen LogP contribution in [0.1, 0.15) is 18.4 Å². The summed E-state index contributed by atoms with van der Waals surface area (Å²) >= 11 is 1.40. The Morgan fingerprint density at radius 3 is 3.07 bits per heavy atom. The second-order valence-electron chi connectivity index (χ2n) is 7.10. The Hall–Kier alpha value is -3.39. The molecule has 2 aromatic carbocycles. The van der Waals surface area contributed by atoms with E-state index >= 15 is 0 Å². The second-order valence-corrected chi connectivity index (χ2v) is 7.96. The number of anilines is 1. The van der Waals surface area contributed by atoms with Crippen molar-refractivity contribution in [3.05, 3.63) is 64.0 Å². The number of carbonyl (C=O) groups is 1. The molecule has 4 aromatic rings. The molecule has 0 radical (unpaired) electrons. The molecule has 0 saturated heterocycles. The highest BCUT2D eigenvalue weighted by Gasteiger charge is 2.15. The molecule has 0 saturated carbocycles. The molecule has 7 nitrogen and oxygen atoms in total. The van der Waals surface area contributed by atoms with Crippen molar-refractivity contribution in [2.45, 2.75) is 25.8 Å². The predicted molar refractivity (Wildman–Crippen MR) is 115 cm³/mol. The van der Waals surface area contributed by atoms with Crippen LogP contribution in [0.2, 0.25) is 0 Å². The van der Waals surface area contributed by atoms with Crippen molar-refractivity contribution >= 4 is 33.5 Å². The number of fused-ring (bicyclic) bond motifs is 2. The summed E-state index contributed by atoms with van der Waals surface area (Å²) < 4.78 is 12.3. The summed E-state index contributed by atoms with van der Waals surface area (Å²) in [6.45, 7) is 1.14. The molecule has 30 heavy (non-hydrogen) atoms. The van der Waals surface area contributed by atoms with Gasteiger partial charge in [0.25, 0.3) is 0 Å². The first-order chi connectivity index (χ1) is 14.7. The van der Waals surface area contributed by atoms with Gasteiger partial charge in [0, 0.05) is 30.3 Å². The van der Waals surface area contributed by atoms with Crippen molar-refractivity contribution in [3.63, 3.8) is 0 Å². The van der Waals surface area contributed by atoms with Gasteiger partial charge < -0.3 is 14.5 Å². The fourth-order valence-electron chi connectivity index (χ4n) is 3.61. The largest absolute Gasteiger partial charge is 0.493 e. The molecule has 2 aromatic heterocycles. The number of ether oxygens (including phenoxy) is 1. The minimum Gasteiger partial charge on any atom is -0.493 e. The molecular formula is C22H19N3O4S. The van der Waals surface area contributed by atoms with Crippen LogP contribution in [0.5, 0.6) is 5.75 Å². The molecule has 0 spiro atoms. The van der Waals surface area contributed by atoms with E-state index in [-0.39, 0.29) is 12.3 Å².